The van der Waals surface area contributed by atoms with E-state index in [-0.39, 0.29) is 0 Å². The molecule has 0 fully saturated rings. The Morgan fingerprint density at radius 2 is 2.10 bits per heavy atom. The van der Waals surface area contributed by atoms with Crippen LogP contribution in [-0.2, 0) is 0 Å². The zero-order valence-electron chi connectivity index (χ0n) is 6.83. The van der Waals surface area contributed by atoms with Gasteiger partial charge in [-0.15, -0.1) is 0 Å². The third-order valence-corrected chi connectivity index (χ3v) is 1.18. The molecule has 0 amide bonds. The molecule has 0 aromatic rings. The Labute approximate surface area is 62.4 Å². The number of aliphatic imine (C=N–C) groups is 2. The van der Waals surface area contributed by atoms with Gasteiger partial charge in [-0.3, -0.25) is 4.99 Å². The topological polar surface area (TPSA) is 24.7 Å². The Balaban J connectivity index is 4.10. The molecule has 10 heavy (non-hydrogen) atoms. The lowest BCUT2D eigenvalue weighted by molar-refractivity contribution is 0.757. The minimum Gasteiger partial charge on any atom is -0.253 e. The molecule has 0 saturated carbocycles. The Morgan fingerprint density at radius 1 is 1.50 bits per heavy atom. The van der Waals surface area contributed by atoms with Crippen LogP contribution in [0.25, 0.3) is 0 Å². The molecule has 0 aromatic heterocycles. The summed E-state index contributed by atoms with van der Waals surface area (Å²) in [6.07, 6.45) is 3.45. The Hall–Kier alpha value is -0.920. The third kappa shape index (κ3) is 3.17. The highest BCUT2D eigenvalue weighted by atomic mass is 14.8. The first-order valence-corrected chi connectivity index (χ1v) is 3.37. The maximum absolute atomic E-state index is 4.07. The van der Waals surface area contributed by atoms with Gasteiger partial charge in [-0.25, -0.2) is 4.99 Å². The van der Waals surface area contributed by atoms with Crippen molar-refractivity contribution in [2.45, 2.75) is 20.8 Å². The first kappa shape index (κ1) is 9.08. The molecule has 2 heteroatoms. The van der Waals surface area contributed by atoms with Crippen molar-refractivity contribution >= 4 is 13.1 Å². The summed E-state index contributed by atoms with van der Waals surface area (Å²) in [5.41, 5.74) is 1.05. The van der Waals surface area contributed by atoms with Crippen molar-refractivity contribution in [3.8, 4) is 0 Å². The fourth-order valence-corrected chi connectivity index (χ4v) is 0.664. The van der Waals surface area contributed by atoms with Crippen LogP contribution >= 0.6 is 0 Å². The average Bonchev–Trinajstić information content (AvgIpc) is 1.89. The summed E-state index contributed by atoms with van der Waals surface area (Å²) in [6, 6.07) is 0. The SMILES string of the molecule is C=NC=N/C(=C\C)C(C)C. The minimum atomic E-state index is 0.461. The van der Waals surface area contributed by atoms with Gasteiger partial charge >= 0.3 is 0 Å². The maximum atomic E-state index is 4.07. The van der Waals surface area contributed by atoms with E-state index in [4.69, 9.17) is 0 Å². The van der Waals surface area contributed by atoms with E-state index in [2.05, 4.69) is 30.5 Å². The van der Waals surface area contributed by atoms with Crippen molar-refractivity contribution in [1.29, 1.82) is 0 Å². The van der Waals surface area contributed by atoms with E-state index in [0.29, 0.717) is 5.92 Å². The zero-order chi connectivity index (χ0) is 7.98. The summed E-state index contributed by atoms with van der Waals surface area (Å²) in [6.45, 7) is 9.45. The van der Waals surface area contributed by atoms with E-state index in [0.717, 1.165) is 5.70 Å². The smallest absolute Gasteiger partial charge is 0.114 e. The van der Waals surface area contributed by atoms with Crippen LogP contribution < -0.4 is 0 Å². The summed E-state index contributed by atoms with van der Waals surface area (Å²) < 4.78 is 0. The molecule has 0 heterocycles. The monoisotopic (exact) mass is 138 g/mol. The summed E-state index contributed by atoms with van der Waals surface area (Å²) in [7, 11) is 0. The molecule has 0 rings (SSSR count). The molecule has 56 valence electrons. The molecule has 0 aromatic carbocycles. The van der Waals surface area contributed by atoms with Gasteiger partial charge in [-0.2, -0.15) is 0 Å². The summed E-state index contributed by atoms with van der Waals surface area (Å²) >= 11 is 0. The van der Waals surface area contributed by atoms with Gasteiger partial charge in [-0.1, -0.05) is 19.9 Å². The first-order chi connectivity index (χ1) is 4.72. The predicted molar refractivity (Wildman–Crippen MR) is 46.6 cm³/mol. The van der Waals surface area contributed by atoms with Gasteiger partial charge < -0.3 is 0 Å². The number of allylic oxidation sites excluding steroid dienone is 2. The molecule has 2 nitrogen and oxygen atoms in total. The van der Waals surface area contributed by atoms with Gasteiger partial charge in [-0.05, 0) is 19.6 Å². The largest absolute Gasteiger partial charge is 0.253 e. The van der Waals surface area contributed by atoms with Crippen molar-refractivity contribution < 1.29 is 0 Å². The van der Waals surface area contributed by atoms with Gasteiger partial charge in [0, 0.05) is 5.70 Å². The number of hydrogen-bond donors (Lipinski definition) is 0. The van der Waals surface area contributed by atoms with Crippen molar-refractivity contribution in [2.24, 2.45) is 15.9 Å². The van der Waals surface area contributed by atoms with Crippen molar-refractivity contribution in [3.05, 3.63) is 11.8 Å². The van der Waals surface area contributed by atoms with Crippen LogP contribution in [0.3, 0.4) is 0 Å². The molecule has 0 bridgehead atoms. The third-order valence-electron chi connectivity index (χ3n) is 1.18. The first-order valence-electron chi connectivity index (χ1n) is 3.37. The fraction of sp³-hybridized carbons (Fsp3) is 0.500. The average molecular weight is 138 g/mol. The standard InChI is InChI=1S/C8H14N2/c1-5-8(7(2)3)10-6-9-4/h5-7H,4H2,1-3H3/b8-5-,10-6?. The van der Waals surface area contributed by atoms with Gasteiger partial charge in [0.05, 0.1) is 0 Å². The van der Waals surface area contributed by atoms with E-state index < -0.39 is 0 Å². The summed E-state index contributed by atoms with van der Waals surface area (Å²) in [5, 5.41) is 0. The normalized spacial score (nSPS) is 13.0. The molecule has 0 spiro atoms. The van der Waals surface area contributed by atoms with Crippen LogP contribution in [0.4, 0.5) is 0 Å². The second-order valence-electron chi connectivity index (χ2n) is 2.30. The van der Waals surface area contributed by atoms with Crippen molar-refractivity contribution in [3.63, 3.8) is 0 Å². The summed E-state index contributed by atoms with van der Waals surface area (Å²) in [4.78, 5) is 7.59. The van der Waals surface area contributed by atoms with Gasteiger partial charge in [0.2, 0.25) is 0 Å². The Morgan fingerprint density at radius 3 is 2.40 bits per heavy atom. The van der Waals surface area contributed by atoms with Crippen LogP contribution in [0.2, 0.25) is 0 Å². The second kappa shape index (κ2) is 4.91. The molecule has 0 aliphatic carbocycles. The van der Waals surface area contributed by atoms with Gasteiger partial charge in [0.1, 0.15) is 6.34 Å². The van der Waals surface area contributed by atoms with E-state index >= 15 is 0 Å². The van der Waals surface area contributed by atoms with Crippen LogP contribution in [0, 0.1) is 5.92 Å². The molecule has 0 radical (unpaired) electrons. The molecular formula is C8H14N2. The van der Waals surface area contributed by atoms with E-state index in [9.17, 15) is 0 Å². The van der Waals surface area contributed by atoms with E-state index in [1.54, 1.807) is 0 Å². The molecular weight excluding hydrogens is 124 g/mol. The van der Waals surface area contributed by atoms with Crippen molar-refractivity contribution in [1.82, 2.24) is 0 Å². The lowest BCUT2D eigenvalue weighted by Crippen LogP contribution is -1.89. The van der Waals surface area contributed by atoms with Gasteiger partial charge in [0.25, 0.3) is 0 Å². The lowest BCUT2D eigenvalue weighted by Gasteiger charge is -2.01. The number of rotatable bonds is 3. The zero-order valence-corrected chi connectivity index (χ0v) is 6.83. The molecule has 0 aliphatic heterocycles. The molecule has 0 unspecified atom stereocenters. The second-order valence-corrected chi connectivity index (χ2v) is 2.30. The lowest BCUT2D eigenvalue weighted by atomic mass is 10.1. The highest BCUT2D eigenvalue weighted by Gasteiger charge is 1.96. The predicted octanol–water partition coefficient (Wildman–Crippen LogP) is 2.28. The van der Waals surface area contributed by atoms with E-state index in [1.165, 1.54) is 6.34 Å². The van der Waals surface area contributed by atoms with Crippen LogP contribution in [0.15, 0.2) is 21.8 Å². The maximum Gasteiger partial charge on any atom is 0.114 e. The Bertz CT molecular complexity index is 155. The highest BCUT2D eigenvalue weighted by molar-refractivity contribution is 5.63. The molecule has 0 aliphatic rings. The molecule has 0 saturated heterocycles. The van der Waals surface area contributed by atoms with Crippen LogP contribution in [0.5, 0.6) is 0 Å². The van der Waals surface area contributed by atoms with E-state index in [1.807, 2.05) is 13.0 Å². The van der Waals surface area contributed by atoms with Crippen LogP contribution in [0.1, 0.15) is 20.8 Å². The Kier molecular flexibility index (Phi) is 4.46. The highest BCUT2D eigenvalue weighted by Crippen LogP contribution is 2.09. The minimum absolute atomic E-state index is 0.461. The molecule has 0 N–H and O–H groups in total. The number of hydrogen-bond acceptors (Lipinski definition) is 1. The molecule has 0 atom stereocenters. The number of nitrogens with zero attached hydrogens (tertiary/aromatic N) is 2. The van der Waals surface area contributed by atoms with Gasteiger partial charge in [0.15, 0.2) is 0 Å². The van der Waals surface area contributed by atoms with Crippen LogP contribution in [-0.4, -0.2) is 13.1 Å². The fourth-order valence-electron chi connectivity index (χ4n) is 0.664. The quantitative estimate of drug-likeness (QED) is 0.422. The summed E-state index contributed by atoms with van der Waals surface area (Å²) in [5.74, 6) is 0.461. The van der Waals surface area contributed by atoms with Crippen molar-refractivity contribution in [2.75, 3.05) is 0 Å².